The predicted molar refractivity (Wildman–Crippen MR) is 76.3 cm³/mol. The Morgan fingerprint density at radius 2 is 1.68 bits per heavy atom. The third-order valence-electron chi connectivity index (χ3n) is 2.97. The van der Waals surface area contributed by atoms with Crippen molar-refractivity contribution in [2.45, 2.75) is 6.92 Å². The Hall–Kier alpha value is -2.69. The van der Waals surface area contributed by atoms with Gasteiger partial charge in [-0.3, -0.25) is 0 Å². The molecule has 0 spiro atoms. The Labute approximate surface area is 110 Å². The van der Waals surface area contributed by atoms with Crippen LogP contribution in [0.1, 0.15) is 5.56 Å². The number of pyridine rings is 1. The van der Waals surface area contributed by atoms with Gasteiger partial charge >= 0.3 is 0 Å². The average Bonchev–Trinajstić information content (AvgIpc) is 2.40. The Bertz CT molecular complexity index is 753. The summed E-state index contributed by atoms with van der Waals surface area (Å²) in [6, 6.07) is 11.9. The number of nitrogen functional groups attached to an aromatic ring is 2. The highest BCUT2D eigenvalue weighted by Gasteiger charge is 2.10. The molecule has 0 amide bonds. The van der Waals surface area contributed by atoms with Crippen molar-refractivity contribution in [3.63, 3.8) is 0 Å². The van der Waals surface area contributed by atoms with Crippen LogP contribution in [0.25, 0.3) is 22.3 Å². The minimum absolute atomic E-state index is 0.139. The van der Waals surface area contributed by atoms with E-state index < -0.39 is 0 Å². The molecule has 0 aliphatic heterocycles. The molecule has 1 aromatic carbocycles. The topological polar surface area (TPSA) is 90.7 Å². The second-order valence-corrected chi connectivity index (χ2v) is 4.36. The predicted octanol–water partition coefficient (Wildman–Crippen LogP) is 2.16. The smallest absolute Gasteiger partial charge is 0.224 e. The van der Waals surface area contributed by atoms with E-state index >= 15 is 0 Å². The van der Waals surface area contributed by atoms with Crippen LogP contribution in [0.15, 0.2) is 36.4 Å². The van der Waals surface area contributed by atoms with Crippen molar-refractivity contribution in [2.24, 2.45) is 0 Å². The molecule has 3 aromatic rings. The molecular weight excluding hydrogens is 238 g/mol. The van der Waals surface area contributed by atoms with Crippen LogP contribution < -0.4 is 11.5 Å². The second kappa shape index (κ2) is 4.20. The van der Waals surface area contributed by atoms with Crippen molar-refractivity contribution in [2.75, 3.05) is 11.5 Å². The molecule has 0 fully saturated rings. The van der Waals surface area contributed by atoms with E-state index in [1.165, 1.54) is 0 Å². The van der Waals surface area contributed by atoms with Crippen molar-refractivity contribution in [3.05, 3.63) is 42.0 Å². The van der Waals surface area contributed by atoms with Crippen LogP contribution in [0.2, 0.25) is 0 Å². The number of anilines is 2. The number of aryl methyl sites for hydroxylation is 1. The second-order valence-electron chi connectivity index (χ2n) is 4.36. The summed E-state index contributed by atoms with van der Waals surface area (Å²) >= 11 is 0. The number of hydrogen-bond donors (Lipinski definition) is 2. The van der Waals surface area contributed by atoms with Crippen LogP contribution in [-0.4, -0.2) is 15.0 Å². The number of nitrogens with zero attached hydrogens (tertiary/aromatic N) is 3. The molecule has 5 nitrogen and oxygen atoms in total. The first kappa shape index (κ1) is 11.4. The zero-order chi connectivity index (χ0) is 13.4. The molecule has 19 heavy (non-hydrogen) atoms. The van der Waals surface area contributed by atoms with E-state index in [0.717, 1.165) is 22.2 Å². The quantitative estimate of drug-likeness (QED) is 0.691. The van der Waals surface area contributed by atoms with Gasteiger partial charge in [-0.2, -0.15) is 9.97 Å². The fraction of sp³-hybridized carbons (Fsp3) is 0.0714. The lowest BCUT2D eigenvalue weighted by Crippen LogP contribution is -2.03. The molecule has 0 aliphatic carbocycles. The maximum Gasteiger partial charge on any atom is 0.224 e. The molecule has 0 radical (unpaired) electrons. The number of rotatable bonds is 1. The molecule has 4 N–H and O–H groups in total. The zero-order valence-electron chi connectivity index (χ0n) is 10.5. The molecule has 94 valence electrons. The highest BCUT2D eigenvalue weighted by Crippen LogP contribution is 2.26. The average molecular weight is 251 g/mol. The number of hydrogen-bond acceptors (Lipinski definition) is 5. The van der Waals surface area contributed by atoms with Gasteiger partial charge in [0.15, 0.2) is 5.65 Å². The maximum atomic E-state index is 5.84. The molecule has 3 rings (SSSR count). The van der Waals surface area contributed by atoms with Gasteiger partial charge < -0.3 is 11.5 Å². The van der Waals surface area contributed by atoms with Gasteiger partial charge in [-0.15, -0.1) is 0 Å². The molecular formula is C14H13N5. The fourth-order valence-electron chi connectivity index (χ4n) is 2.08. The standard InChI is InChI=1S/C14H13N5/c1-8-7-10-12(15)18-14(16)19-13(10)17-11(8)9-5-3-2-4-6-9/h2-7H,1H3,(H4,15,16,17,18,19). The van der Waals surface area contributed by atoms with Crippen molar-refractivity contribution in [1.29, 1.82) is 0 Å². The van der Waals surface area contributed by atoms with Crippen LogP contribution in [0, 0.1) is 6.92 Å². The summed E-state index contributed by atoms with van der Waals surface area (Å²) in [5.74, 6) is 0.498. The van der Waals surface area contributed by atoms with E-state index in [-0.39, 0.29) is 5.95 Å². The summed E-state index contributed by atoms with van der Waals surface area (Å²) in [6.07, 6.45) is 0. The highest BCUT2D eigenvalue weighted by atomic mass is 15.1. The van der Waals surface area contributed by atoms with Crippen LogP contribution >= 0.6 is 0 Å². The summed E-state index contributed by atoms with van der Waals surface area (Å²) in [4.78, 5) is 12.6. The Morgan fingerprint density at radius 3 is 2.42 bits per heavy atom. The summed E-state index contributed by atoms with van der Waals surface area (Å²) in [6.45, 7) is 1.99. The fourth-order valence-corrected chi connectivity index (χ4v) is 2.08. The molecule has 0 saturated heterocycles. The van der Waals surface area contributed by atoms with E-state index in [1.807, 2.05) is 43.3 Å². The van der Waals surface area contributed by atoms with Crippen LogP contribution in [0.5, 0.6) is 0 Å². The molecule has 2 heterocycles. The van der Waals surface area contributed by atoms with Crippen LogP contribution in [0.3, 0.4) is 0 Å². The van der Waals surface area contributed by atoms with Crippen molar-refractivity contribution in [1.82, 2.24) is 15.0 Å². The first-order chi connectivity index (χ1) is 9.15. The van der Waals surface area contributed by atoms with E-state index in [0.29, 0.717) is 11.5 Å². The number of nitrogens with two attached hydrogens (primary N) is 2. The van der Waals surface area contributed by atoms with Crippen LogP contribution in [-0.2, 0) is 0 Å². The zero-order valence-corrected chi connectivity index (χ0v) is 10.5. The first-order valence-corrected chi connectivity index (χ1v) is 5.91. The highest BCUT2D eigenvalue weighted by molar-refractivity contribution is 5.89. The minimum Gasteiger partial charge on any atom is -0.383 e. The molecule has 5 heteroatoms. The molecule has 0 saturated carbocycles. The van der Waals surface area contributed by atoms with Gasteiger partial charge in [-0.1, -0.05) is 30.3 Å². The summed E-state index contributed by atoms with van der Waals surface area (Å²) in [5, 5.41) is 0.728. The van der Waals surface area contributed by atoms with Gasteiger partial charge in [-0.05, 0) is 18.6 Å². The van der Waals surface area contributed by atoms with Crippen LogP contribution in [0.4, 0.5) is 11.8 Å². The summed E-state index contributed by atoms with van der Waals surface area (Å²) in [5.41, 5.74) is 14.9. The van der Waals surface area contributed by atoms with Crippen molar-refractivity contribution in [3.8, 4) is 11.3 Å². The molecule has 0 atom stereocenters. The third kappa shape index (κ3) is 1.95. The number of aromatic nitrogens is 3. The first-order valence-electron chi connectivity index (χ1n) is 5.91. The third-order valence-corrected chi connectivity index (χ3v) is 2.97. The van der Waals surface area contributed by atoms with Gasteiger partial charge in [0, 0.05) is 5.56 Å². The monoisotopic (exact) mass is 251 g/mol. The lowest BCUT2D eigenvalue weighted by atomic mass is 10.1. The van der Waals surface area contributed by atoms with E-state index in [4.69, 9.17) is 11.5 Å². The summed E-state index contributed by atoms with van der Waals surface area (Å²) in [7, 11) is 0. The van der Waals surface area contributed by atoms with E-state index in [2.05, 4.69) is 15.0 Å². The number of fused-ring (bicyclic) bond motifs is 1. The van der Waals surface area contributed by atoms with E-state index in [9.17, 15) is 0 Å². The Balaban J connectivity index is 2.31. The van der Waals surface area contributed by atoms with Gasteiger partial charge in [0.2, 0.25) is 5.95 Å². The van der Waals surface area contributed by atoms with Gasteiger partial charge in [0.25, 0.3) is 0 Å². The molecule has 2 aromatic heterocycles. The Morgan fingerprint density at radius 1 is 0.947 bits per heavy atom. The molecule has 0 bridgehead atoms. The van der Waals surface area contributed by atoms with Crippen molar-refractivity contribution < 1.29 is 0 Å². The molecule has 0 aliphatic rings. The van der Waals surface area contributed by atoms with Crippen molar-refractivity contribution >= 4 is 22.8 Å². The minimum atomic E-state index is 0.139. The SMILES string of the molecule is Cc1cc2c(N)nc(N)nc2nc1-c1ccccc1. The van der Waals surface area contributed by atoms with Gasteiger partial charge in [0.1, 0.15) is 5.82 Å². The lowest BCUT2D eigenvalue weighted by molar-refractivity contribution is 1.19. The normalized spacial score (nSPS) is 10.8. The maximum absolute atomic E-state index is 5.84. The lowest BCUT2D eigenvalue weighted by Gasteiger charge is -2.08. The summed E-state index contributed by atoms with van der Waals surface area (Å²) < 4.78 is 0. The van der Waals surface area contributed by atoms with Gasteiger partial charge in [0.05, 0.1) is 11.1 Å². The van der Waals surface area contributed by atoms with Gasteiger partial charge in [-0.25, -0.2) is 4.98 Å². The number of benzene rings is 1. The largest absolute Gasteiger partial charge is 0.383 e. The molecule has 0 unspecified atom stereocenters. The Kier molecular flexibility index (Phi) is 2.52. The van der Waals surface area contributed by atoms with E-state index in [1.54, 1.807) is 0 Å².